The van der Waals surface area contributed by atoms with E-state index in [0.717, 1.165) is 11.3 Å². The highest BCUT2D eigenvalue weighted by Crippen LogP contribution is 2.26. The lowest BCUT2D eigenvalue weighted by Gasteiger charge is -1.96. The monoisotopic (exact) mass is 205 g/mol. The molecule has 0 fully saturated rings. The molecule has 2 rings (SSSR count). The third kappa shape index (κ3) is 1.56. The first-order chi connectivity index (χ1) is 6.81. The smallest absolute Gasteiger partial charge is 0.159 e. The Morgan fingerprint density at radius 1 is 1.36 bits per heavy atom. The van der Waals surface area contributed by atoms with Crippen molar-refractivity contribution in [3.05, 3.63) is 47.7 Å². The topological polar surface area (TPSA) is 26.0 Å². The SMILES string of the molecule is C=Cc1cc(-c2ccccc2Cl)no1. The van der Waals surface area contributed by atoms with E-state index < -0.39 is 0 Å². The van der Waals surface area contributed by atoms with Gasteiger partial charge in [-0.3, -0.25) is 0 Å². The number of benzene rings is 1. The molecule has 0 unspecified atom stereocenters. The van der Waals surface area contributed by atoms with Crippen molar-refractivity contribution < 1.29 is 4.52 Å². The number of hydrogen-bond donors (Lipinski definition) is 0. The molecular weight excluding hydrogens is 198 g/mol. The van der Waals surface area contributed by atoms with E-state index in [1.807, 2.05) is 24.3 Å². The van der Waals surface area contributed by atoms with Crippen LogP contribution in [0.3, 0.4) is 0 Å². The minimum Gasteiger partial charge on any atom is -0.356 e. The molecule has 14 heavy (non-hydrogen) atoms. The molecule has 2 nitrogen and oxygen atoms in total. The molecule has 1 aromatic heterocycles. The molecule has 0 aliphatic heterocycles. The molecule has 70 valence electrons. The van der Waals surface area contributed by atoms with E-state index in [1.165, 1.54) is 0 Å². The van der Waals surface area contributed by atoms with Gasteiger partial charge in [0, 0.05) is 11.6 Å². The van der Waals surface area contributed by atoms with Crippen molar-refractivity contribution >= 4 is 17.7 Å². The maximum Gasteiger partial charge on any atom is 0.159 e. The van der Waals surface area contributed by atoms with Gasteiger partial charge in [0.1, 0.15) is 5.69 Å². The van der Waals surface area contributed by atoms with E-state index in [-0.39, 0.29) is 0 Å². The lowest BCUT2D eigenvalue weighted by atomic mass is 10.1. The van der Waals surface area contributed by atoms with Gasteiger partial charge in [0.2, 0.25) is 0 Å². The average Bonchev–Trinajstić information content (AvgIpc) is 2.67. The Kier molecular flexibility index (Phi) is 2.37. The number of rotatable bonds is 2. The minimum absolute atomic E-state index is 0.639. The van der Waals surface area contributed by atoms with Crippen LogP contribution in [0.25, 0.3) is 17.3 Å². The van der Waals surface area contributed by atoms with E-state index in [2.05, 4.69) is 11.7 Å². The van der Waals surface area contributed by atoms with Gasteiger partial charge >= 0.3 is 0 Å². The van der Waals surface area contributed by atoms with Gasteiger partial charge < -0.3 is 4.52 Å². The summed E-state index contributed by atoms with van der Waals surface area (Å²) in [4.78, 5) is 0. The van der Waals surface area contributed by atoms with E-state index in [9.17, 15) is 0 Å². The summed E-state index contributed by atoms with van der Waals surface area (Å²) in [5, 5.41) is 4.55. The van der Waals surface area contributed by atoms with Crippen molar-refractivity contribution in [1.29, 1.82) is 0 Å². The van der Waals surface area contributed by atoms with Crippen molar-refractivity contribution in [3.8, 4) is 11.3 Å². The molecule has 0 bridgehead atoms. The summed E-state index contributed by atoms with van der Waals surface area (Å²) in [5.74, 6) is 0.639. The zero-order chi connectivity index (χ0) is 9.97. The molecule has 2 aromatic rings. The van der Waals surface area contributed by atoms with Gasteiger partial charge in [-0.25, -0.2) is 0 Å². The molecule has 1 aromatic carbocycles. The molecule has 0 N–H and O–H groups in total. The summed E-state index contributed by atoms with van der Waals surface area (Å²) < 4.78 is 5.00. The summed E-state index contributed by atoms with van der Waals surface area (Å²) in [7, 11) is 0. The molecule has 0 spiro atoms. The standard InChI is InChI=1S/C11H8ClNO/c1-2-8-7-11(13-14-8)9-5-3-4-6-10(9)12/h2-7H,1H2. The predicted octanol–water partition coefficient (Wildman–Crippen LogP) is 3.64. The van der Waals surface area contributed by atoms with Crippen molar-refractivity contribution in [2.45, 2.75) is 0 Å². The zero-order valence-corrected chi connectivity index (χ0v) is 8.16. The van der Waals surface area contributed by atoms with E-state index in [1.54, 1.807) is 12.1 Å². The first-order valence-electron chi connectivity index (χ1n) is 4.15. The second-order valence-corrected chi connectivity index (χ2v) is 3.21. The number of halogens is 1. The first-order valence-corrected chi connectivity index (χ1v) is 4.53. The lowest BCUT2D eigenvalue weighted by molar-refractivity contribution is 0.415. The van der Waals surface area contributed by atoms with E-state index in [4.69, 9.17) is 16.1 Å². The van der Waals surface area contributed by atoms with Gasteiger partial charge in [0.15, 0.2) is 5.76 Å². The fourth-order valence-electron chi connectivity index (χ4n) is 1.18. The number of hydrogen-bond acceptors (Lipinski definition) is 2. The quantitative estimate of drug-likeness (QED) is 0.748. The van der Waals surface area contributed by atoms with Crippen LogP contribution in [0, 0.1) is 0 Å². The van der Waals surface area contributed by atoms with Crippen LogP contribution >= 0.6 is 11.6 Å². The maximum absolute atomic E-state index is 6.00. The van der Waals surface area contributed by atoms with Crippen LogP contribution in [0.4, 0.5) is 0 Å². The fraction of sp³-hybridized carbons (Fsp3) is 0. The molecule has 0 radical (unpaired) electrons. The fourth-order valence-corrected chi connectivity index (χ4v) is 1.41. The van der Waals surface area contributed by atoms with Gasteiger partial charge in [-0.1, -0.05) is 41.5 Å². The third-order valence-electron chi connectivity index (χ3n) is 1.88. The summed E-state index contributed by atoms with van der Waals surface area (Å²) in [6.45, 7) is 3.59. The second-order valence-electron chi connectivity index (χ2n) is 2.80. The highest BCUT2D eigenvalue weighted by molar-refractivity contribution is 6.33. The summed E-state index contributed by atoms with van der Waals surface area (Å²) in [6.07, 6.45) is 1.60. The zero-order valence-electron chi connectivity index (χ0n) is 7.40. The molecule has 0 saturated carbocycles. The summed E-state index contributed by atoms with van der Waals surface area (Å²) in [6, 6.07) is 9.30. The van der Waals surface area contributed by atoms with Crippen molar-refractivity contribution in [2.24, 2.45) is 0 Å². The number of nitrogens with zero attached hydrogens (tertiary/aromatic N) is 1. The molecule has 1 heterocycles. The molecule has 0 saturated heterocycles. The van der Waals surface area contributed by atoms with Gasteiger partial charge in [0.25, 0.3) is 0 Å². The minimum atomic E-state index is 0.639. The van der Waals surface area contributed by atoms with Crippen LogP contribution in [-0.4, -0.2) is 5.16 Å². The molecular formula is C11H8ClNO. The van der Waals surface area contributed by atoms with Crippen molar-refractivity contribution in [1.82, 2.24) is 5.16 Å². The third-order valence-corrected chi connectivity index (χ3v) is 2.21. The van der Waals surface area contributed by atoms with Gasteiger partial charge in [-0.05, 0) is 12.1 Å². The molecule has 0 aliphatic carbocycles. The van der Waals surface area contributed by atoms with E-state index >= 15 is 0 Å². The Morgan fingerprint density at radius 3 is 2.79 bits per heavy atom. The highest BCUT2D eigenvalue weighted by Gasteiger charge is 2.07. The largest absolute Gasteiger partial charge is 0.356 e. The van der Waals surface area contributed by atoms with Crippen molar-refractivity contribution in [3.63, 3.8) is 0 Å². The first kappa shape index (κ1) is 9.03. The average molecular weight is 206 g/mol. The van der Waals surface area contributed by atoms with Crippen LogP contribution < -0.4 is 0 Å². The Morgan fingerprint density at radius 2 is 2.14 bits per heavy atom. The summed E-state index contributed by atoms with van der Waals surface area (Å²) >= 11 is 6.00. The summed E-state index contributed by atoms with van der Waals surface area (Å²) in [5.41, 5.74) is 1.59. The Hall–Kier alpha value is -1.54. The normalized spacial score (nSPS) is 10.1. The molecule has 0 amide bonds. The maximum atomic E-state index is 6.00. The lowest BCUT2D eigenvalue weighted by Crippen LogP contribution is -1.77. The second kappa shape index (κ2) is 3.68. The Labute approximate surface area is 86.8 Å². The number of aromatic nitrogens is 1. The Balaban J connectivity index is 2.49. The van der Waals surface area contributed by atoms with Crippen LogP contribution in [0.5, 0.6) is 0 Å². The highest BCUT2D eigenvalue weighted by atomic mass is 35.5. The van der Waals surface area contributed by atoms with Crippen LogP contribution in [0.1, 0.15) is 5.76 Å². The molecule has 0 atom stereocenters. The molecule has 0 aliphatic rings. The van der Waals surface area contributed by atoms with Gasteiger partial charge in [0.05, 0.1) is 5.02 Å². The van der Waals surface area contributed by atoms with Crippen LogP contribution in [-0.2, 0) is 0 Å². The Bertz CT molecular complexity index is 462. The predicted molar refractivity (Wildman–Crippen MR) is 57.0 cm³/mol. The van der Waals surface area contributed by atoms with Crippen LogP contribution in [0.2, 0.25) is 5.02 Å². The van der Waals surface area contributed by atoms with E-state index in [0.29, 0.717) is 10.8 Å². The van der Waals surface area contributed by atoms with Gasteiger partial charge in [-0.15, -0.1) is 0 Å². The molecule has 3 heteroatoms. The van der Waals surface area contributed by atoms with Crippen LogP contribution in [0.15, 0.2) is 41.4 Å². The van der Waals surface area contributed by atoms with Gasteiger partial charge in [-0.2, -0.15) is 0 Å². The van der Waals surface area contributed by atoms with Crippen molar-refractivity contribution in [2.75, 3.05) is 0 Å².